The van der Waals surface area contributed by atoms with Crippen molar-refractivity contribution < 1.29 is 17.8 Å². The molecule has 5 nitrogen and oxygen atoms in total. The van der Waals surface area contributed by atoms with E-state index in [-0.39, 0.29) is 0 Å². The van der Waals surface area contributed by atoms with E-state index < -0.39 is 8.80 Å². The van der Waals surface area contributed by atoms with Gasteiger partial charge in [-0.3, -0.25) is 4.48 Å². The van der Waals surface area contributed by atoms with E-state index in [1.807, 2.05) is 12.5 Å². The van der Waals surface area contributed by atoms with Crippen molar-refractivity contribution >= 4 is 15.1 Å². The standard InChI is InChI=1S/C10H21N2O3Si/c1-12(8-6-11-10-12)7-5-9-16(13-2,14-3)15-4/h6,8,10H,5,7,9H2,1-4H3/q+1. The minimum absolute atomic E-state index is 0.738. The van der Waals surface area contributed by atoms with E-state index in [1.165, 1.54) is 0 Å². The molecule has 0 aromatic carbocycles. The Hall–Kier alpha value is -0.533. The lowest BCUT2D eigenvalue weighted by Gasteiger charge is -2.26. The van der Waals surface area contributed by atoms with Crippen LogP contribution in [0, 0.1) is 0 Å². The summed E-state index contributed by atoms with van der Waals surface area (Å²) in [6, 6.07) is 0.825. The molecule has 1 aliphatic rings. The van der Waals surface area contributed by atoms with E-state index >= 15 is 0 Å². The van der Waals surface area contributed by atoms with Gasteiger partial charge in [0.25, 0.3) is 0 Å². The molecule has 0 bridgehead atoms. The molecule has 0 saturated carbocycles. The highest BCUT2D eigenvalue weighted by molar-refractivity contribution is 6.60. The summed E-state index contributed by atoms with van der Waals surface area (Å²) in [5.74, 6) is 0. The maximum absolute atomic E-state index is 5.37. The third-order valence-corrected chi connectivity index (χ3v) is 5.71. The Bertz CT molecular complexity index is 257. The van der Waals surface area contributed by atoms with E-state index in [0.717, 1.165) is 23.5 Å². The maximum atomic E-state index is 5.37. The molecule has 0 aromatic heterocycles. The van der Waals surface area contributed by atoms with Gasteiger partial charge in [0.2, 0.25) is 0 Å². The molecule has 0 spiro atoms. The van der Waals surface area contributed by atoms with Crippen LogP contribution in [0.2, 0.25) is 6.04 Å². The molecule has 0 aliphatic carbocycles. The number of nitrogens with zero attached hydrogens (tertiary/aromatic N) is 2. The third-order valence-electron chi connectivity index (χ3n) is 2.88. The fourth-order valence-electron chi connectivity index (χ4n) is 1.74. The van der Waals surface area contributed by atoms with Gasteiger partial charge in [0, 0.05) is 33.8 Å². The second kappa shape index (κ2) is 5.69. The van der Waals surface area contributed by atoms with Gasteiger partial charge in [-0.25, -0.2) is 4.99 Å². The molecular formula is C10H21N2O3Si+. The van der Waals surface area contributed by atoms with Gasteiger partial charge in [0.1, 0.15) is 6.20 Å². The lowest BCUT2D eigenvalue weighted by Crippen LogP contribution is -2.44. The van der Waals surface area contributed by atoms with E-state index in [9.17, 15) is 0 Å². The largest absolute Gasteiger partial charge is 0.500 e. The van der Waals surface area contributed by atoms with E-state index in [2.05, 4.69) is 18.2 Å². The number of quaternary nitrogens is 1. The highest BCUT2D eigenvalue weighted by Gasteiger charge is 2.38. The first-order chi connectivity index (χ1) is 7.60. The van der Waals surface area contributed by atoms with Crippen LogP contribution >= 0.6 is 0 Å². The van der Waals surface area contributed by atoms with E-state index in [4.69, 9.17) is 13.3 Å². The Labute approximate surface area is 98.3 Å². The SMILES string of the molecule is CO[Si](CCC[N+]1(C)C=CN=C1)(OC)OC. The van der Waals surface area contributed by atoms with Crippen LogP contribution in [0.15, 0.2) is 17.4 Å². The third kappa shape index (κ3) is 3.23. The maximum Gasteiger partial charge on any atom is 0.500 e. The molecule has 0 radical (unpaired) electrons. The van der Waals surface area contributed by atoms with Crippen molar-refractivity contribution in [2.75, 3.05) is 34.9 Å². The quantitative estimate of drug-likeness (QED) is 0.500. The predicted octanol–water partition coefficient (Wildman–Crippen LogP) is 1.21. The number of rotatable bonds is 7. The zero-order valence-corrected chi connectivity index (χ0v) is 11.5. The molecule has 0 amide bonds. The van der Waals surface area contributed by atoms with Crippen LogP contribution in [-0.4, -0.2) is 54.5 Å². The molecule has 16 heavy (non-hydrogen) atoms. The summed E-state index contributed by atoms with van der Waals surface area (Å²) in [7, 11) is 4.65. The Balaban J connectivity index is 2.39. The molecule has 0 N–H and O–H groups in total. The minimum atomic E-state index is -2.40. The van der Waals surface area contributed by atoms with E-state index in [0.29, 0.717) is 0 Å². The fourth-order valence-corrected chi connectivity index (χ4v) is 3.45. The molecule has 0 fully saturated rings. The number of hydrogen-bond donors (Lipinski definition) is 0. The summed E-state index contributed by atoms with van der Waals surface area (Å²) in [4.78, 5) is 4.10. The van der Waals surface area contributed by atoms with Crippen LogP contribution in [0.5, 0.6) is 0 Å². The zero-order valence-electron chi connectivity index (χ0n) is 10.5. The van der Waals surface area contributed by atoms with Crippen molar-refractivity contribution in [1.29, 1.82) is 0 Å². The highest BCUT2D eigenvalue weighted by Crippen LogP contribution is 2.17. The van der Waals surface area contributed by atoms with Crippen LogP contribution in [0.4, 0.5) is 0 Å². The molecule has 1 rings (SSSR count). The summed E-state index contributed by atoms with van der Waals surface area (Å²) < 4.78 is 16.8. The normalized spacial score (nSPS) is 24.2. The minimum Gasteiger partial charge on any atom is -0.377 e. The van der Waals surface area contributed by atoms with Gasteiger partial charge in [-0.1, -0.05) is 0 Å². The van der Waals surface area contributed by atoms with Crippen molar-refractivity contribution in [3.8, 4) is 0 Å². The van der Waals surface area contributed by atoms with Crippen molar-refractivity contribution in [3.63, 3.8) is 0 Å². The first kappa shape index (κ1) is 13.5. The van der Waals surface area contributed by atoms with Gasteiger partial charge < -0.3 is 13.3 Å². The summed E-state index contributed by atoms with van der Waals surface area (Å²) in [6.45, 7) is 0.977. The molecule has 1 heterocycles. The van der Waals surface area contributed by atoms with Crippen molar-refractivity contribution in [1.82, 2.24) is 0 Å². The predicted molar refractivity (Wildman–Crippen MR) is 64.9 cm³/mol. The summed E-state index contributed by atoms with van der Waals surface area (Å²) in [6.07, 6.45) is 6.80. The Morgan fingerprint density at radius 1 is 1.19 bits per heavy atom. The van der Waals surface area contributed by atoms with Gasteiger partial charge in [-0.05, 0) is 0 Å². The molecule has 0 aromatic rings. The molecule has 1 aliphatic heterocycles. The number of aliphatic imine (C=N–C) groups is 1. The van der Waals surface area contributed by atoms with Crippen LogP contribution in [0.1, 0.15) is 6.42 Å². The van der Waals surface area contributed by atoms with Gasteiger partial charge in [0.05, 0.1) is 19.8 Å². The average Bonchev–Trinajstić information content (AvgIpc) is 2.73. The average molecular weight is 245 g/mol. The second-order valence-electron chi connectivity index (χ2n) is 4.03. The first-order valence-corrected chi connectivity index (χ1v) is 7.25. The highest BCUT2D eigenvalue weighted by atomic mass is 28.4. The Morgan fingerprint density at radius 2 is 1.81 bits per heavy atom. The van der Waals surface area contributed by atoms with Crippen LogP contribution in [0.25, 0.3) is 0 Å². The van der Waals surface area contributed by atoms with Crippen LogP contribution < -0.4 is 0 Å². The smallest absolute Gasteiger partial charge is 0.377 e. The van der Waals surface area contributed by atoms with Gasteiger partial charge in [-0.2, -0.15) is 0 Å². The summed E-state index contributed by atoms with van der Waals surface area (Å²) >= 11 is 0. The molecule has 6 heteroatoms. The van der Waals surface area contributed by atoms with Gasteiger partial charge in [-0.15, -0.1) is 0 Å². The summed E-state index contributed by atoms with van der Waals surface area (Å²) in [5.41, 5.74) is 0. The molecule has 1 atom stereocenters. The van der Waals surface area contributed by atoms with Crippen LogP contribution in [-0.2, 0) is 13.3 Å². The topological polar surface area (TPSA) is 40.0 Å². The van der Waals surface area contributed by atoms with Gasteiger partial charge in [0.15, 0.2) is 6.34 Å². The fraction of sp³-hybridized carbons (Fsp3) is 0.700. The monoisotopic (exact) mass is 245 g/mol. The van der Waals surface area contributed by atoms with Crippen molar-refractivity contribution in [2.24, 2.45) is 4.99 Å². The Morgan fingerprint density at radius 3 is 2.25 bits per heavy atom. The molecule has 0 saturated heterocycles. The van der Waals surface area contributed by atoms with Crippen LogP contribution in [0.3, 0.4) is 0 Å². The Kier molecular flexibility index (Phi) is 4.82. The zero-order chi connectivity index (χ0) is 12.1. The first-order valence-electron chi connectivity index (χ1n) is 5.32. The molecule has 92 valence electrons. The molecular weight excluding hydrogens is 224 g/mol. The lowest BCUT2D eigenvalue weighted by atomic mass is 10.4. The van der Waals surface area contributed by atoms with Gasteiger partial charge >= 0.3 is 8.80 Å². The second-order valence-corrected chi connectivity index (χ2v) is 7.12. The lowest BCUT2D eigenvalue weighted by molar-refractivity contribution is -0.756. The van der Waals surface area contributed by atoms with Crippen molar-refractivity contribution in [2.45, 2.75) is 12.5 Å². The van der Waals surface area contributed by atoms with Crippen molar-refractivity contribution in [3.05, 3.63) is 12.4 Å². The number of hydrogen-bond acceptors (Lipinski definition) is 4. The van der Waals surface area contributed by atoms with E-state index in [1.54, 1.807) is 21.3 Å². The summed E-state index contributed by atoms with van der Waals surface area (Å²) in [5, 5.41) is 0. The molecule has 1 unspecified atom stereocenters.